The number of nitrogens with one attached hydrogen (secondary N) is 2. The van der Waals surface area contributed by atoms with Crippen molar-refractivity contribution in [3.05, 3.63) is 0 Å². The molecule has 0 bridgehead atoms. The topological polar surface area (TPSA) is 151 Å². The lowest BCUT2D eigenvalue weighted by Gasteiger charge is -2.44. The van der Waals surface area contributed by atoms with E-state index in [1.165, 1.54) is 11.8 Å². The van der Waals surface area contributed by atoms with Crippen molar-refractivity contribution >= 4 is 23.8 Å². The van der Waals surface area contributed by atoms with Crippen LogP contribution in [0.4, 0.5) is 4.79 Å². The van der Waals surface area contributed by atoms with Crippen molar-refractivity contribution in [3.63, 3.8) is 0 Å². The average molecular weight is 370 g/mol. The minimum absolute atomic E-state index is 0.0283. The maximum absolute atomic E-state index is 12.5. The smallest absolute Gasteiger partial charge is 0.411 e. The lowest BCUT2D eigenvalue weighted by Crippen LogP contribution is -2.71. The van der Waals surface area contributed by atoms with Crippen LogP contribution in [-0.2, 0) is 19.1 Å². The van der Waals surface area contributed by atoms with E-state index in [-0.39, 0.29) is 25.4 Å². The number of hydrogen-bond donors (Lipinski definition) is 4. The molecule has 2 unspecified atom stereocenters. The van der Waals surface area contributed by atoms with Crippen LogP contribution in [0.15, 0.2) is 0 Å². The quantitative estimate of drug-likeness (QED) is 0.440. The fourth-order valence-electron chi connectivity index (χ4n) is 3.17. The molecular formula is C16H26N4O6. The number of likely N-dealkylation sites (tertiary alicyclic amines) is 1. The Hall–Kier alpha value is -2.36. The van der Waals surface area contributed by atoms with Gasteiger partial charge in [-0.1, -0.05) is 0 Å². The summed E-state index contributed by atoms with van der Waals surface area (Å²) >= 11 is 0. The molecule has 1 spiro atoms. The standard InChI is InChI=1S/C16H26N4O6/c1-8(21)10(11(17)22)19-12(23)9-5-16(7-18-13(16)24)20(6-9)14(25)26-15(2,3)4/h8-10,21H,5-7H2,1-4H3,(H2,17,22)(H,18,24)(H,19,23)/t8-,9?,10+,16?/m1/s1. The number of ether oxygens (including phenoxy) is 1. The van der Waals surface area contributed by atoms with Gasteiger partial charge in [0.05, 0.1) is 18.6 Å². The molecule has 2 heterocycles. The highest BCUT2D eigenvalue weighted by molar-refractivity contribution is 5.98. The summed E-state index contributed by atoms with van der Waals surface area (Å²) in [4.78, 5) is 49.8. The first-order chi connectivity index (χ1) is 11.9. The van der Waals surface area contributed by atoms with E-state index < -0.39 is 47.1 Å². The summed E-state index contributed by atoms with van der Waals surface area (Å²) in [5.74, 6) is -2.50. The van der Waals surface area contributed by atoms with Gasteiger partial charge in [0.15, 0.2) is 0 Å². The van der Waals surface area contributed by atoms with Crippen molar-refractivity contribution in [1.29, 1.82) is 0 Å². The molecule has 0 aromatic heterocycles. The summed E-state index contributed by atoms with van der Waals surface area (Å²) in [6.45, 7) is 6.65. The summed E-state index contributed by atoms with van der Waals surface area (Å²) in [7, 11) is 0. The molecule has 0 aromatic carbocycles. The van der Waals surface area contributed by atoms with E-state index in [1.54, 1.807) is 20.8 Å². The third-order valence-corrected chi connectivity index (χ3v) is 4.54. The molecule has 2 aliphatic rings. The zero-order valence-electron chi connectivity index (χ0n) is 15.4. The predicted molar refractivity (Wildman–Crippen MR) is 89.6 cm³/mol. The van der Waals surface area contributed by atoms with Gasteiger partial charge < -0.3 is 26.2 Å². The van der Waals surface area contributed by atoms with Crippen molar-refractivity contribution in [3.8, 4) is 0 Å². The van der Waals surface area contributed by atoms with E-state index in [4.69, 9.17) is 10.5 Å². The predicted octanol–water partition coefficient (Wildman–Crippen LogP) is -1.54. The Kier molecular flexibility index (Phi) is 5.18. The Balaban J connectivity index is 2.15. The number of primary amides is 1. The monoisotopic (exact) mass is 370 g/mol. The minimum atomic E-state index is -1.25. The number of hydrogen-bond acceptors (Lipinski definition) is 6. The van der Waals surface area contributed by atoms with Gasteiger partial charge in [0.2, 0.25) is 17.7 Å². The number of rotatable bonds is 4. The Morgan fingerprint density at radius 2 is 2.04 bits per heavy atom. The molecule has 146 valence electrons. The third-order valence-electron chi connectivity index (χ3n) is 4.54. The van der Waals surface area contributed by atoms with E-state index >= 15 is 0 Å². The highest BCUT2D eigenvalue weighted by atomic mass is 16.6. The van der Waals surface area contributed by atoms with Gasteiger partial charge in [0, 0.05) is 6.54 Å². The van der Waals surface area contributed by atoms with Gasteiger partial charge in [-0.3, -0.25) is 19.3 Å². The van der Waals surface area contributed by atoms with Crippen LogP contribution in [0.5, 0.6) is 0 Å². The van der Waals surface area contributed by atoms with Crippen molar-refractivity contribution in [2.24, 2.45) is 11.7 Å². The molecule has 2 fully saturated rings. The van der Waals surface area contributed by atoms with Crippen LogP contribution in [0.25, 0.3) is 0 Å². The third kappa shape index (κ3) is 3.74. The molecule has 5 N–H and O–H groups in total. The van der Waals surface area contributed by atoms with E-state index in [0.717, 1.165) is 0 Å². The van der Waals surface area contributed by atoms with Crippen molar-refractivity contribution in [2.45, 2.75) is 57.4 Å². The average Bonchev–Trinajstić information content (AvgIpc) is 2.92. The lowest BCUT2D eigenvalue weighted by molar-refractivity contribution is -0.140. The Bertz CT molecular complexity index is 629. The summed E-state index contributed by atoms with van der Waals surface area (Å²) in [5.41, 5.74) is 3.30. The van der Waals surface area contributed by atoms with E-state index in [2.05, 4.69) is 10.6 Å². The number of aliphatic hydroxyl groups is 1. The lowest BCUT2D eigenvalue weighted by atomic mass is 9.85. The summed E-state index contributed by atoms with van der Waals surface area (Å²) in [6.07, 6.45) is -1.74. The van der Waals surface area contributed by atoms with Crippen LogP contribution in [0, 0.1) is 5.92 Å². The van der Waals surface area contributed by atoms with Crippen molar-refractivity contribution < 1.29 is 29.0 Å². The molecule has 4 atom stereocenters. The second-order valence-electron chi connectivity index (χ2n) is 7.84. The maximum atomic E-state index is 12.5. The summed E-state index contributed by atoms with van der Waals surface area (Å²) in [5, 5.41) is 14.6. The molecular weight excluding hydrogens is 344 g/mol. The molecule has 0 aliphatic carbocycles. The number of aliphatic hydroxyl groups excluding tert-OH is 1. The first-order valence-corrected chi connectivity index (χ1v) is 8.44. The Morgan fingerprint density at radius 1 is 1.42 bits per heavy atom. The van der Waals surface area contributed by atoms with Gasteiger partial charge >= 0.3 is 6.09 Å². The highest BCUT2D eigenvalue weighted by Crippen LogP contribution is 2.38. The fraction of sp³-hybridized carbons (Fsp3) is 0.750. The second kappa shape index (κ2) is 6.75. The largest absolute Gasteiger partial charge is 0.444 e. The summed E-state index contributed by atoms with van der Waals surface area (Å²) < 4.78 is 5.35. The minimum Gasteiger partial charge on any atom is -0.444 e. The van der Waals surface area contributed by atoms with Crippen LogP contribution in [-0.4, -0.2) is 70.2 Å². The van der Waals surface area contributed by atoms with Crippen molar-refractivity contribution in [2.75, 3.05) is 13.1 Å². The molecule has 0 aromatic rings. The second-order valence-corrected chi connectivity index (χ2v) is 7.84. The number of carbonyl (C=O) groups is 4. The normalized spacial score (nSPS) is 27.3. The first-order valence-electron chi connectivity index (χ1n) is 8.44. The van der Waals surface area contributed by atoms with Gasteiger partial charge in [-0.2, -0.15) is 0 Å². The zero-order valence-corrected chi connectivity index (χ0v) is 15.4. The van der Waals surface area contributed by atoms with Crippen LogP contribution < -0.4 is 16.4 Å². The molecule has 2 rings (SSSR count). The van der Waals surface area contributed by atoms with Gasteiger partial charge in [-0.05, 0) is 34.1 Å². The highest BCUT2D eigenvalue weighted by Gasteiger charge is 2.60. The zero-order chi connectivity index (χ0) is 19.9. The first kappa shape index (κ1) is 20.0. The number of nitrogens with two attached hydrogens (primary N) is 1. The van der Waals surface area contributed by atoms with Crippen LogP contribution in [0.1, 0.15) is 34.1 Å². The van der Waals surface area contributed by atoms with Gasteiger partial charge in [-0.15, -0.1) is 0 Å². The van der Waals surface area contributed by atoms with Crippen LogP contribution in [0.2, 0.25) is 0 Å². The van der Waals surface area contributed by atoms with Gasteiger partial charge in [0.25, 0.3) is 0 Å². The van der Waals surface area contributed by atoms with E-state index in [1.807, 2.05) is 0 Å². The molecule has 4 amide bonds. The fourth-order valence-corrected chi connectivity index (χ4v) is 3.17. The SMILES string of the molecule is C[C@@H](O)[C@H](NC(=O)C1CN(C(=O)OC(C)(C)C)C2(CNC2=O)C1)C(N)=O. The molecule has 0 saturated carbocycles. The molecule has 10 heteroatoms. The number of nitrogens with zero attached hydrogens (tertiary/aromatic N) is 1. The van der Waals surface area contributed by atoms with E-state index in [9.17, 15) is 24.3 Å². The molecule has 10 nitrogen and oxygen atoms in total. The molecule has 2 aliphatic heterocycles. The Morgan fingerprint density at radius 3 is 2.42 bits per heavy atom. The van der Waals surface area contributed by atoms with Crippen LogP contribution >= 0.6 is 0 Å². The number of β-lactam (4-membered cyclic amide) rings is 1. The van der Waals surface area contributed by atoms with Crippen molar-refractivity contribution in [1.82, 2.24) is 15.5 Å². The van der Waals surface area contributed by atoms with Crippen LogP contribution in [0.3, 0.4) is 0 Å². The molecule has 26 heavy (non-hydrogen) atoms. The summed E-state index contributed by atoms with van der Waals surface area (Å²) in [6, 6.07) is -1.25. The van der Waals surface area contributed by atoms with Gasteiger partial charge in [0.1, 0.15) is 17.2 Å². The number of amides is 4. The van der Waals surface area contributed by atoms with E-state index in [0.29, 0.717) is 0 Å². The Labute approximate surface area is 151 Å². The number of carbonyl (C=O) groups excluding carboxylic acids is 4. The van der Waals surface area contributed by atoms with Gasteiger partial charge in [-0.25, -0.2) is 4.79 Å². The molecule has 0 radical (unpaired) electrons. The molecule has 2 saturated heterocycles. The maximum Gasteiger partial charge on any atom is 0.411 e.